The van der Waals surface area contributed by atoms with Crippen molar-refractivity contribution in [2.75, 3.05) is 0 Å². The predicted octanol–water partition coefficient (Wildman–Crippen LogP) is -0.401. The minimum absolute atomic E-state index is 0.0506. The third-order valence-electron chi connectivity index (χ3n) is 2.46. The predicted molar refractivity (Wildman–Crippen MR) is 69.5 cm³/mol. The number of hydrogen-bond acceptors (Lipinski definition) is 4. The zero-order valence-electron chi connectivity index (χ0n) is 10.7. The van der Waals surface area contributed by atoms with Gasteiger partial charge in [-0.05, 0) is 18.1 Å². The minimum Gasteiger partial charge on any atom is -0.480 e. The molecule has 0 fully saturated rings. The number of aromatic nitrogens is 1. The molecule has 0 aliphatic carbocycles. The second-order valence-corrected chi connectivity index (χ2v) is 4.08. The molecular weight excluding hydrogens is 264 g/mol. The van der Waals surface area contributed by atoms with Gasteiger partial charge in [-0.25, -0.2) is 9.59 Å². The molecule has 8 nitrogen and oxygen atoms in total. The summed E-state index contributed by atoms with van der Waals surface area (Å²) in [6.45, 7) is 0.224. The number of amides is 3. The van der Waals surface area contributed by atoms with Gasteiger partial charge in [-0.2, -0.15) is 0 Å². The van der Waals surface area contributed by atoms with Gasteiger partial charge in [-0.15, -0.1) is 0 Å². The number of pyridine rings is 1. The molecule has 0 unspecified atom stereocenters. The van der Waals surface area contributed by atoms with Gasteiger partial charge in [-0.1, -0.05) is 6.07 Å². The molecule has 1 heterocycles. The van der Waals surface area contributed by atoms with Crippen molar-refractivity contribution in [2.24, 2.45) is 5.73 Å². The van der Waals surface area contributed by atoms with Crippen LogP contribution in [0.1, 0.15) is 18.4 Å². The van der Waals surface area contributed by atoms with E-state index < -0.39 is 23.9 Å². The number of carboxylic acids is 1. The first-order valence-corrected chi connectivity index (χ1v) is 5.93. The second kappa shape index (κ2) is 7.72. The van der Waals surface area contributed by atoms with E-state index in [1.165, 1.54) is 0 Å². The van der Waals surface area contributed by atoms with Crippen molar-refractivity contribution < 1.29 is 19.5 Å². The molecule has 0 aliphatic rings. The maximum atomic E-state index is 11.6. The van der Waals surface area contributed by atoms with Gasteiger partial charge >= 0.3 is 12.0 Å². The fourth-order valence-corrected chi connectivity index (χ4v) is 1.44. The van der Waals surface area contributed by atoms with Gasteiger partial charge in [0.1, 0.15) is 6.04 Å². The van der Waals surface area contributed by atoms with Crippen LogP contribution < -0.4 is 16.4 Å². The average Bonchev–Trinajstić information content (AvgIpc) is 2.41. The van der Waals surface area contributed by atoms with Crippen molar-refractivity contribution in [2.45, 2.75) is 25.4 Å². The van der Waals surface area contributed by atoms with Gasteiger partial charge in [0.15, 0.2) is 0 Å². The molecule has 108 valence electrons. The third-order valence-corrected chi connectivity index (χ3v) is 2.46. The summed E-state index contributed by atoms with van der Waals surface area (Å²) in [4.78, 5) is 37.0. The number of aliphatic carboxylic acids is 1. The van der Waals surface area contributed by atoms with E-state index in [0.29, 0.717) is 0 Å². The fourth-order valence-electron chi connectivity index (χ4n) is 1.44. The van der Waals surface area contributed by atoms with Gasteiger partial charge < -0.3 is 21.5 Å². The Labute approximate surface area is 115 Å². The number of nitrogens with two attached hydrogens (primary N) is 1. The second-order valence-electron chi connectivity index (χ2n) is 4.08. The van der Waals surface area contributed by atoms with Gasteiger partial charge in [0.05, 0.1) is 0 Å². The highest BCUT2D eigenvalue weighted by Crippen LogP contribution is 1.98. The molecule has 1 aromatic heterocycles. The molecule has 0 aromatic carbocycles. The molecule has 5 N–H and O–H groups in total. The molecule has 0 radical (unpaired) electrons. The third kappa shape index (κ3) is 5.80. The summed E-state index contributed by atoms with van der Waals surface area (Å²) in [6.07, 6.45) is 3.03. The number of hydrogen-bond donors (Lipinski definition) is 4. The summed E-state index contributed by atoms with van der Waals surface area (Å²) in [5, 5.41) is 13.7. The summed E-state index contributed by atoms with van der Waals surface area (Å²) < 4.78 is 0. The Morgan fingerprint density at radius 3 is 2.70 bits per heavy atom. The van der Waals surface area contributed by atoms with Crippen LogP contribution in [0.3, 0.4) is 0 Å². The Bertz CT molecular complexity index is 478. The van der Waals surface area contributed by atoms with Crippen LogP contribution in [0.15, 0.2) is 24.5 Å². The zero-order chi connectivity index (χ0) is 15.0. The van der Waals surface area contributed by atoms with E-state index >= 15 is 0 Å². The SMILES string of the molecule is NC(=O)CC[C@H](NC(=O)NCc1cccnc1)C(=O)O. The van der Waals surface area contributed by atoms with Crippen molar-refractivity contribution in [3.8, 4) is 0 Å². The smallest absolute Gasteiger partial charge is 0.326 e. The fraction of sp³-hybridized carbons (Fsp3) is 0.333. The minimum atomic E-state index is -1.22. The largest absolute Gasteiger partial charge is 0.480 e. The number of carbonyl (C=O) groups is 3. The molecule has 0 saturated heterocycles. The van der Waals surface area contributed by atoms with E-state index in [1.807, 2.05) is 0 Å². The van der Waals surface area contributed by atoms with Crippen LogP contribution in [0.25, 0.3) is 0 Å². The van der Waals surface area contributed by atoms with E-state index in [2.05, 4.69) is 15.6 Å². The lowest BCUT2D eigenvalue weighted by molar-refractivity contribution is -0.139. The molecule has 1 aromatic rings. The summed E-state index contributed by atoms with van der Waals surface area (Å²) >= 11 is 0. The van der Waals surface area contributed by atoms with Crippen LogP contribution in [0, 0.1) is 0 Å². The van der Waals surface area contributed by atoms with Crippen LogP contribution in [0.2, 0.25) is 0 Å². The number of carbonyl (C=O) groups excluding carboxylic acids is 2. The number of primary amides is 1. The Balaban J connectivity index is 2.41. The number of rotatable bonds is 7. The van der Waals surface area contributed by atoms with Crippen LogP contribution in [-0.2, 0) is 16.1 Å². The van der Waals surface area contributed by atoms with Gasteiger partial charge in [0.2, 0.25) is 5.91 Å². The number of nitrogens with zero attached hydrogens (tertiary/aromatic N) is 1. The van der Waals surface area contributed by atoms with Crippen LogP contribution in [-0.4, -0.2) is 34.0 Å². The zero-order valence-corrected chi connectivity index (χ0v) is 10.7. The highest BCUT2D eigenvalue weighted by Gasteiger charge is 2.20. The molecule has 0 bridgehead atoms. The molecule has 1 atom stereocenters. The van der Waals surface area contributed by atoms with Gasteiger partial charge in [0.25, 0.3) is 0 Å². The summed E-state index contributed by atoms with van der Waals surface area (Å²) in [5.41, 5.74) is 5.72. The van der Waals surface area contributed by atoms with Crippen molar-refractivity contribution in [3.05, 3.63) is 30.1 Å². The summed E-state index contributed by atoms with van der Waals surface area (Å²) in [7, 11) is 0. The first-order valence-electron chi connectivity index (χ1n) is 5.93. The molecule has 0 saturated carbocycles. The Kier molecular flexibility index (Phi) is 5.95. The van der Waals surface area contributed by atoms with Gasteiger partial charge in [-0.3, -0.25) is 9.78 Å². The molecule has 1 rings (SSSR count). The number of carboxylic acid groups (broad SMARTS) is 1. The van der Waals surface area contributed by atoms with Crippen molar-refractivity contribution in [1.82, 2.24) is 15.6 Å². The number of urea groups is 1. The number of nitrogens with one attached hydrogen (secondary N) is 2. The molecule has 8 heteroatoms. The van der Waals surface area contributed by atoms with E-state index in [9.17, 15) is 14.4 Å². The lowest BCUT2D eigenvalue weighted by Gasteiger charge is -2.14. The average molecular weight is 280 g/mol. The monoisotopic (exact) mass is 280 g/mol. The van der Waals surface area contributed by atoms with Crippen molar-refractivity contribution in [1.29, 1.82) is 0 Å². The quantitative estimate of drug-likeness (QED) is 0.539. The summed E-state index contributed by atoms with van der Waals surface area (Å²) in [5.74, 6) is -1.84. The first kappa shape index (κ1) is 15.4. The molecule has 0 spiro atoms. The van der Waals surface area contributed by atoms with Crippen LogP contribution >= 0.6 is 0 Å². The van der Waals surface area contributed by atoms with Gasteiger partial charge in [0, 0.05) is 25.4 Å². The van der Waals surface area contributed by atoms with Crippen LogP contribution in [0.4, 0.5) is 4.79 Å². The lowest BCUT2D eigenvalue weighted by Crippen LogP contribution is -2.46. The van der Waals surface area contributed by atoms with E-state index in [0.717, 1.165) is 5.56 Å². The molecule has 20 heavy (non-hydrogen) atoms. The Hall–Kier alpha value is -2.64. The highest BCUT2D eigenvalue weighted by atomic mass is 16.4. The Morgan fingerprint density at radius 1 is 1.40 bits per heavy atom. The maximum absolute atomic E-state index is 11.6. The topological polar surface area (TPSA) is 134 Å². The molecule has 0 aliphatic heterocycles. The van der Waals surface area contributed by atoms with E-state index in [4.69, 9.17) is 10.8 Å². The molecule has 3 amide bonds. The van der Waals surface area contributed by atoms with E-state index in [-0.39, 0.29) is 19.4 Å². The molecular formula is C12H16N4O4. The van der Waals surface area contributed by atoms with Crippen molar-refractivity contribution in [3.63, 3.8) is 0 Å². The standard InChI is InChI=1S/C12H16N4O4/c13-10(17)4-3-9(11(18)19)16-12(20)15-7-8-2-1-5-14-6-8/h1-2,5-6,9H,3-4,7H2,(H2,13,17)(H,18,19)(H2,15,16,20)/t9-/m0/s1. The highest BCUT2D eigenvalue weighted by molar-refractivity contribution is 5.83. The van der Waals surface area contributed by atoms with Crippen LogP contribution in [0.5, 0.6) is 0 Å². The lowest BCUT2D eigenvalue weighted by atomic mass is 10.1. The normalized spacial score (nSPS) is 11.4. The maximum Gasteiger partial charge on any atom is 0.326 e. The first-order chi connectivity index (χ1) is 9.49. The Morgan fingerprint density at radius 2 is 2.15 bits per heavy atom. The van der Waals surface area contributed by atoms with Crippen molar-refractivity contribution >= 4 is 17.9 Å². The summed E-state index contributed by atoms with van der Waals surface area (Å²) in [6, 6.07) is 1.71. The van der Waals surface area contributed by atoms with E-state index in [1.54, 1.807) is 24.5 Å².